The van der Waals surface area contributed by atoms with Gasteiger partial charge in [0, 0.05) is 25.7 Å². The highest BCUT2D eigenvalue weighted by Crippen LogP contribution is 2.29. The van der Waals surface area contributed by atoms with Gasteiger partial charge in [0.15, 0.2) is 5.69 Å². The topological polar surface area (TPSA) is 66.8 Å². The Morgan fingerprint density at radius 2 is 2.00 bits per heavy atom. The molecule has 1 fully saturated rings. The summed E-state index contributed by atoms with van der Waals surface area (Å²) >= 11 is 0. The van der Waals surface area contributed by atoms with Crippen molar-refractivity contribution < 1.29 is 9.42 Å². The average Bonchev–Trinajstić information content (AvgIpc) is 3.25. The molecule has 2 aromatic carbocycles. The molecule has 5 rings (SSSR count). The summed E-state index contributed by atoms with van der Waals surface area (Å²) in [7, 11) is 0. The first-order valence-corrected chi connectivity index (χ1v) is 10.4. The quantitative estimate of drug-likeness (QED) is 0.629. The molecule has 1 atom stereocenters. The maximum Gasteiger partial charge on any atom is 0.237 e. The largest absolute Gasteiger partial charge is 0.337 e. The highest BCUT2D eigenvalue weighted by molar-refractivity contribution is 5.79. The molecule has 1 unspecified atom stereocenters. The summed E-state index contributed by atoms with van der Waals surface area (Å²) in [5.41, 5.74) is 5.97. The zero-order valence-corrected chi connectivity index (χ0v) is 16.8. The second kappa shape index (κ2) is 7.88. The van der Waals surface area contributed by atoms with Crippen LogP contribution >= 0.6 is 0 Å². The summed E-state index contributed by atoms with van der Waals surface area (Å²) in [5.74, 6) is 0.226. The number of fused-ring (bicyclic) bond motifs is 2. The van der Waals surface area contributed by atoms with Crippen LogP contribution in [0.15, 0.2) is 41.0 Å². The average molecular weight is 401 g/mol. The van der Waals surface area contributed by atoms with Crippen molar-refractivity contribution in [2.24, 2.45) is 0 Å². The van der Waals surface area contributed by atoms with E-state index in [9.17, 15) is 4.79 Å². The standard InChI is InChI=1S/C23H23N5O2/c1-24-19-5-3-18-14-20(6-4-17(18)13-19)28-11-10-27(15-23(28)29)9-8-16-2-7-21-22(12-16)26-30-25-21/h2-3,5,7,12-13,20H,4,6,8-11,14-15H2. The van der Waals surface area contributed by atoms with Gasteiger partial charge in [-0.25, -0.2) is 9.47 Å². The third-order valence-corrected chi connectivity index (χ3v) is 6.33. The van der Waals surface area contributed by atoms with Gasteiger partial charge in [0.25, 0.3) is 0 Å². The normalized spacial score (nSPS) is 19.6. The van der Waals surface area contributed by atoms with Crippen molar-refractivity contribution in [2.75, 3.05) is 26.2 Å². The second-order valence-corrected chi connectivity index (χ2v) is 8.16. The van der Waals surface area contributed by atoms with E-state index in [0.29, 0.717) is 12.2 Å². The van der Waals surface area contributed by atoms with Crippen molar-refractivity contribution in [1.29, 1.82) is 0 Å². The number of hydrogen-bond acceptors (Lipinski definition) is 5. The van der Waals surface area contributed by atoms with Crippen LogP contribution in [0.5, 0.6) is 0 Å². The van der Waals surface area contributed by atoms with E-state index in [-0.39, 0.29) is 11.9 Å². The summed E-state index contributed by atoms with van der Waals surface area (Å²) in [6.45, 7) is 10.2. The van der Waals surface area contributed by atoms with Crippen molar-refractivity contribution in [1.82, 2.24) is 20.1 Å². The molecule has 0 bridgehead atoms. The lowest BCUT2D eigenvalue weighted by molar-refractivity contribution is -0.138. The molecule has 1 amide bonds. The van der Waals surface area contributed by atoms with Gasteiger partial charge in [0.05, 0.1) is 13.1 Å². The molecule has 7 heteroatoms. The Kier molecular flexibility index (Phi) is 4.93. The van der Waals surface area contributed by atoms with Gasteiger partial charge < -0.3 is 4.90 Å². The van der Waals surface area contributed by atoms with Crippen LogP contribution in [0.3, 0.4) is 0 Å². The Bertz CT molecular complexity index is 1130. The number of aryl methyl sites for hydroxylation is 1. The minimum Gasteiger partial charge on any atom is -0.337 e. The molecule has 2 aliphatic rings. The number of rotatable bonds is 4. The number of benzene rings is 2. The molecular formula is C23H23N5O2. The van der Waals surface area contributed by atoms with Crippen LogP contribution in [0.1, 0.15) is 23.1 Å². The van der Waals surface area contributed by atoms with Gasteiger partial charge >= 0.3 is 0 Å². The minimum absolute atomic E-state index is 0.226. The summed E-state index contributed by atoms with van der Waals surface area (Å²) in [5, 5.41) is 7.73. The predicted molar refractivity (Wildman–Crippen MR) is 112 cm³/mol. The van der Waals surface area contributed by atoms with Crippen molar-refractivity contribution in [2.45, 2.75) is 31.7 Å². The molecule has 2 heterocycles. The SMILES string of the molecule is [C-]#[N+]c1ccc2c(c1)CCC(N1CCN(CCc3ccc4nonc4c3)CC1=O)C2. The van der Waals surface area contributed by atoms with Gasteiger partial charge in [0.2, 0.25) is 5.91 Å². The second-order valence-electron chi connectivity index (χ2n) is 8.16. The van der Waals surface area contributed by atoms with E-state index in [0.717, 1.165) is 56.4 Å². The van der Waals surface area contributed by atoms with Gasteiger partial charge in [-0.3, -0.25) is 9.69 Å². The Morgan fingerprint density at radius 3 is 2.87 bits per heavy atom. The van der Waals surface area contributed by atoms with E-state index in [1.54, 1.807) is 0 Å². The molecule has 1 aromatic heterocycles. The van der Waals surface area contributed by atoms with E-state index in [2.05, 4.69) is 31.0 Å². The number of aromatic nitrogens is 2. The zero-order valence-electron chi connectivity index (χ0n) is 16.8. The maximum absolute atomic E-state index is 12.9. The number of hydrogen-bond donors (Lipinski definition) is 0. The summed E-state index contributed by atoms with van der Waals surface area (Å²) in [6.07, 6.45) is 3.68. The van der Waals surface area contributed by atoms with E-state index < -0.39 is 0 Å². The van der Waals surface area contributed by atoms with Crippen LogP contribution in [-0.4, -0.2) is 58.2 Å². The highest BCUT2D eigenvalue weighted by atomic mass is 16.6. The monoisotopic (exact) mass is 401 g/mol. The fraction of sp³-hybridized carbons (Fsp3) is 0.391. The number of nitrogens with zero attached hydrogens (tertiary/aromatic N) is 5. The van der Waals surface area contributed by atoms with E-state index in [1.807, 2.05) is 30.3 Å². The molecule has 3 aromatic rings. The smallest absolute Gasteiger partial charge is 0.237 e. The first-order valence-electron chi connectivity index (χ1n) is 10.4. The van der Waals surface area contributed by atoms with Crippen molar-refractivity contribution in [3.8, 4) is 0 Å². The molecule has 1 aliphatic carbocycles. The van der Waals surface area contributed by atoms with Crippen LogP contribution in [0, 0.1) is 6.57 Å². The molecule has 0 N–H and O–H groups in total. The maximum atomic E-state index is 12.9. The lowest BCUT2D eigenvalue weighted by Crippen LogP contribution is -2.55. The molecule has 30 heavy (non-hydrogen) atoms. The van der Waals surface area contributed by atoms with E-state index in [1.165, 1.54) is 16.7 Å². The van der Waals surface area contributed by atoms with Crippen molar-refractivity contribution in [3.05, 3.63) is 64.5 Å². The van der Waals surface area contributed by atoms with Gasteiger partial charge in [-0.1, -0.05) is 29.8 Å². The van der Waals surface area contributed by atoms with Gasteiger partial charge in [-0.15, -0.1) is 0 Å². The number of piperazine rings is 1. The molecule has 7 nitrogen and oxygen atoms in total. The Labute approximate surface area is 175 Å². The van der Waals surface area contributed by atoms with Crippen LogP contribution in [-0.2, 0) is 24.1 Å². The minimum atomic E-state index is 0.226. The van der Waals surface area contributed by atoms with Gasteiger partial charge in [0.1, 0.15) is 11.0 Å². The molecule has 0 saturated carbocycles. The Morgan fingerprint density at radius 1 is 1.10 bits per heavy atom. The van der Waals surface area contributed by atoms with Gasteiger partial charge in [-0.2, -0.15) is 0 Å². The van der Waals surface area contributed by atoms with Crippen molar-refractivity contribution >= 4 is 22.6 Å². The number of amides is 1. The summed E-state index contributed by atoms with van der Waals surface area (Å²) < 4.78 is 4.76. The Hall–Kier alpha value is -3.24. The molecule has 0 spiro atoms. The highest BCUT2D eigenvalue weighted by Gasteiger charge is 2.31. The number of carbonyl (C=O) groups excluding carboxylic acids is 1. The molecular weight excluding hydrogens is 378 g/mol. The lowest BCUT2D eigenvalue weighted by Gasteiger charge is -2.41. The zero-order chi connectivity index (χ0) is 20.5. The first-order chi connectivity index (χ1) is 14.7. The molecule has 152 valence electrons. The first kappa shape index (κ1) is 18.8. The summed E-state index contributed by atoms with van der Waals surface area (Å²) in [6, 6.07) is 12.2. The van der Waals surface area contributed by atoms with Crippen LogP contribution in [0.2, 0.25) is 0 Å². The summed E-state index contributed by atoms with van der Waals surface area (Å²) in [4.78, 5) is 20.7. The Balaban J connectivity index is 1.17. The van der Waals surface area contributed by atoms with Crippen LogP contribution in [0.4, 0.5) is 5.69 Å². The molecule has 0 radical (unpaired) electrons. The van der Waals surface area contributed by atoms with Crippen molar-refractivity contribution in [3.63, 3.8) is 0 Å². The van der Waals surface area contributed by atoms with E-state index in [4.69, 9.17) is 11.2 Å². The number of carbonyl (C=O) groups is 1. The van der Waals surface area contributed by atoms with Crippen LogP contribution in [0.25, 0.3) is 15.9 Å². The van der Waals surface area contributed by atoms with Crippen LogP contribution < -0.4 is 0 Å². The fourth-order valence-corrected chi connectivity index (χ4v) is 4.64. The fourth-order valence-electron chi connectivity index (χ4n) is 4.64. The van der Waals surface area contributed by atoms with E-state index >= 15 is 0 Å². The molecule has 1 saturated heterocycles. The molecule has 1 aliphatic heterocycles. The third kappa shape index (κ3) is 3.66. The third-order valence-electron chi connectivity index (χ3n) is 6.33. The lowest BCUT2D eigenvalue weighted by atomic mass is 9.87. The van der Waals surface area contributed by atoms with Gasteiger partial charge in [-0.05, 0) is 59.3 Å². The predicted octanol–water partition coefficient (Wildman–Crippen LogP) is 3.02.